The average molecular weight is 412 g/mol. The zero-order valence-electron chi connectivity index (χ0n) is 8.68. The minimum absolute atomic E-state index is 0. The largest absolute Gasteiger partial charge is 1.00 e. The summed E-state index contributed by atoms with van der Waals surface area (Å²) in [4.78, 5) is 0. The van der Waals surface area contributed by atoms with Crippen molar-refractivity contribution in [3.05, 3.63) is 0 Å². The van der Waals surface area contributed by atoms with Crippen LogP contribution in [-0.2, 0) is 0 Å². The van der Waals surface area contributed by atoms with Crippen molar-refractivity contribution in [2.75, 3.05) is 0 Å². The van der Waals surface area contributed by atoms with Gasteiger partial charge < -0.3 is 53.2 Å². The van der Waals surface area contributed by atoms with Gasteiger partial charge in [-0.3, -0.25) is 0 Å². The van der Waals surface area contributed by atoms with Crippen LogP contribution in [0.2, 0.25) is 0 Å². The first-order chi connectivity index (χ1) is 6.00. The number of halogens is 13. The molecule has 0 nitrogen and oxygen atoms in total. The summed E-state index contributed by atoms with van der Waals surface area (Å²) in [6.07, 6.45) is 0. The molecule has 0 fully saturated rings. The zero-order chi connectivity index (χ0) is 13.5. The maximum absolute atomic E-state index is 9.75. The summed E-state index contributed by atoms with van der Waals surface area (Å²) in [6, 6.07) is 0. The van der Waals surface area contributed by atoms with E-state index in [1.807, 2.05) is 0 Å². The Kier molecular flexibility index (Phi) is 22.0. The summed E-state index contributed by atoms with van der Waals surface area (Å²) in [5, 5.41) is 0. The van der Waals surface area contributed by atoms with E-state index in [0.29, 0.717) is 0 Å². The van der Waals surface area contributed by atoms with Gasteiger partial charge in [0.2, 0.25) is 0 Å². The zero-order valence-corrected chi connectivity index (χ0v) is 12.0. The molecular weight excluding hydrogens is 410 g/mol. The Balaban J connectivity index is -0.0000000277. The first kappa shape index (κ1) is 30.8. The molecule has 0 saturated carbocycles. The van der Waals surface area contributed by atoms with Gasteiger partial charge in [-0.1, -0.05) is 0 Å². The van der Waals surface area contributed by atoms with Gasteiger partial charge in [0.25, 0.3) is 0 Å². The molecule has 0 unspecified atom stereocenters. The van der Waals surface area contributed by atoms with Crippen molar-refractivity contribution < 1.29 is 82.8 Å². The van der Waals surface area contributed by atoms with Gasteiger partial charge in [0.05, 0.1) is 0 Å². The maximum Gasteiger partial charge on any atom is 1.00 e. The molecule has 17 heavy (non-hydrogen) atoms. The van der Waals surface area contributed by atoms with E-state index in [1.54, 1.807) is 0 Å². The Labute approximate surface area is 128 Å². The fourth-order valence-corrected chi connectivity index (χ4v) is 0. The van der Waals surface area contributed by atoms with Crippen LogP contribution in [0.4, 0.5) is 51.8 Å². The van der Waals surface area contributed by atoms with Crippen LogP contribution in [0.15, 0.2) is 0 Å². The van der Waals surface area contributed by atoms with Crippen LogP contribution in [0.25, 0.3) is 0 Å². The molecular formula is H2B3F12INa-3. The van der Waals surface area contributed by atoms with E-state index < -0.39 is 21.8 Å². The summed E-state index contributed by atoms with van der Waals surface area (Å²) < 4.78 is 117. The molecule has 0 spiro atoms. The van der Waals surface area contributed by atoms with Gasteiger partial charge in [-0.05, 0) is 0 Å². The molecule has 0 aromatic rings. The van der Waals surface area contributed by atoms with Crippen LogP contribution in [0.1, 0.15) is 1.43 Å². The van der Waals surface area contributed by atoms with E-state index in [2.05, 4.69) is 0 Å². The normalized spacial score (nSPS) is 10.6. The fraction of sp³-hybridized carbons (Fsp3) is 0. The monoisotopic (exact) mass is 413 g/mol. The van der Waals surface area contributed by atoms with Gasteiger partial charge in [0.15, 0.2) is 0 Å². The molecule has 0 amide bonds. The predicted octanol–water partition coefficient (Wildman–Crippen LogP) is 1.63. The van der Waals surface area contributed by atoms with Crippen molar-refractivity contribution in [2.24, 2.45) is 0 Å². The third-order valence-corrected chi connectivity index (χ3v) is 0. The van der Waals surface area contributed by atoms with Crippen LogP contribution in [0.3, 0.4) is 0 Å². The van der Waals surface area contributed by atoms with Crippen LogP contribution >= 0.6 is 24.0 Å². The number of hydrogen-bond acceptors (Lipinski definition) is 0. The molecule has 0 atom stereocenters. The molecule has 0 aliphatic rings. The third kappa shape index (κ3) is 3300. The Morgan fingerprint density at radius 1 is 0.412 bits per heavy atom. The Hall–Kier alpha value is 1.08. The van der Waals surface area contributed by atoms with Gasteiger partial charge in [-0.2, -0.15) is 0 Å². The van der Waals surface area contributed by atoms with Crippen LogP contribution in [0, 0.1) is 0 Å². The van der Waals surface area contributed by atoms with Gasteiger partial charge in [-0.15, -0.1) is 24.0 Å². The molecule has 17 heteroatoms. The second kappa shape index (κ2) is 12.1. The molecule has 0 aliphatic carbocycles. The van der Waals surface area contributed by atoms with E-state index in [-0.39, 0.29) is 55.0 Å². The summed E-state index contributed by atoms with van der Waals surface area (Å²) in [7, 11) is -18.0. The summed E-state index contributed by atoms with van der Waals surface area (Å²) in [5.41, 5.74) is 0. The summed E-state index contributed by atoms with van der Waals surface area (Å²) in [6.45, 7) is 0. The van der Waals surface area contributed by atoms with E-state index in [9.17, 15) is 51.8 Å². The second-order valence-corrected chi connectivity index (χ2v) is 1.48. The molecule has 0 aromatic heterocycles. The first-order valence-electron chi connectivity index (χ1n) is 2.62. The Morgan fingerprint density at radius 3 is 0.412 bits per heavy atom. The van der Waals surface area contributed by atoms with Gasteiger partial charge >= 0.3 is 51.3 Å². The molecule has 0 heterocycles. The van der Waals surface area contributed by atoms with Crippen LogP contribution in [0.5, 0.6) is 0 Å². The molecule has 0 aliphatic heterocycles. The van der Waals surface area contributed by atoms with Crippen molar-refractivity contribution in [3.8, 4) is 0 Å². The van der Waals surface area contributed by atoms with Crippen molar-refractivity contribution in [1.82, 2.24) is 0 Å². The van der Waals surface area contributed by atoms with Gasteiger partial charge in [0.1, 0.15) is 0 Å². The smallest absolute Gasteiger partial charge is 1.00 e. The van der Waals surface area contributed by atoms with E-state index in [4.69, 9.17) is 0 Å². The van der Waals surface area contributed by atoms with E-state index >= 15 is 0 Å². The van der Waals surface area contributed by atoms with Crippen molar-refractivity contribution in [3.63, 3.8) is 0 Å². The molecule has 106 valence electrons. The molecule has 0 rings (SSSR count). The predicted molar refractivity (Wildman–Crippen MR) is 47.1 cm³/mol. The molecule has 0 radical (unpaired) electrons. The minimum Gasteiger partial charge on any atom is -1.00 e. The third-order valence-electron chi connectivity index (χ3n) is 0. The van der Waals surface area contributed by atoms with Crippen molar-refractivity contribution in [1.29, 1.82) is 0 Å². The van der Waals surface area contributed by atoms with Gasteiger partial charge in [-0.25, -0.2) is 0 Å². The maximum atomic E-state index is 9.75. The second-order valence-electron chi connectivity index (χ2n) is 1.48. The van der Waals surface area contributed by atoms with Crippen molar-refractivity contribution in [2.45, 2.75) is 0 Å². The molecule has 0 bridgehead atoms. The van der Waals surface area contributed by atoms with Crippen LogP contribution < -0.4 is 29.6 Å². The Morgan fingerprint density at radius 2 is 0.412 bits per heavy atom. The van der Waals surface area contributed by atoms with Crippen molar-refractivity contribution >= 4 is 45.7 Å². The number of rotatable bonds is 0. The van der Waals surface area contributed by atoms with E-state index in [0.717, 1.165) is 0 Å². The average Bonchev–Trinajstić information content (AvgIpc) is 1.41. The Bertz CT molecular complexity index is 102. The topological polar surface area (TPSA) is 0 Å². The minimum atomic E-state index is -6.00. The molecule has 0 saturated heterocycles. The standard InChI is InChI=1S/3BF4.HI.Na.H/c3*2-1(3,4)5;;;/h;;;1H;;/q3*-1;;+1;-1. The first-order valence-corrected chi connectivity index (χ1v) is 2.62. The van der Waals surface area contributed by atoms with E-state index in [1.165, 1.54) is 0 Å². The van der Waals surface area contributed by atoms with Gasteiger partial charge in [0, 0.05) is 0 Å². The summed E-state index contributed by atoms with van der Waals surface area (Å²) >= 11 is 0. The molecule has 0 N–H and O–H groups in total. The SMILES string of the molecule is F[B-](F)(F)F.F[B-](F)(F)F.F[B-](F)(F)F.I.[H-].[Na+]. The van der Waals surface area contributed by atoms with Crippen LogP contribution in [-0.4, -0.2) is 21.8 Å². The summed E-state index contributed by atoms with van der Waals surface area (Å²) in [5.74, 6) is 0. The molecule has 0 aromatic carbocycles. The number of hydrogen-bond donors (Lipinski definition) is 0. The fourth-order valence-electron chi connectivity index (χ4n) is 0. The quantitative estimate of drug-likeness (QED) is 0.323.